The van der Waals surface area contributed by atoms with Gasteiger partial charge in [-0.2, -0.15) is 0 Å². The first-order valence-electron chi connectivity index (χ1n) is 5.85. The Morgan fingerprint density at radius 2 is 2.11 bits per heavy atom. The van der Waals surface area contributed by atoms with Crippen LogP contribution in [-0.4, -0.2) is 19.4 Å². The summed E-state index contributed by atoms with van der Waals surface area (Å²) in [6.45, 7) is 4.36. The van der Waals surface area contributed by atoms with Crippen LogP contribution in [-0.2, 0) is 16.0 Å². The van der Waals surface area contributed by atoms with E-state index in [0.29, 0.717) is 13.0 Å². The summed E-state index contributed by atoms with van der Waals surface area (Å²) in [5, 5.41) is 0. The molecular formula is C14H16O4. The molecule has 2 rings (SSSR count). The summed E-state index contributed by atoms with van der Waals surface area (Å²) < 4.78 is 15.6. The Labute approximate surface area is 106 Å². The van der Waals surface area contributed by atoms with Crippen molar-refractivity contribution in [2.24, 2.45) is 0 Å². The normalized spacial score (nSPS) is 12.1. The zero-order chi connectivity index (χ0) is 13.0. The Bertz CT molecular complexity index is 473. The van der Waals surface area contributed by atoms with Crippen LogP contribution in [0.4, 0.5) is 0 Å². The Morgan fingerprint density at radius 3 is 2.89 bits per heavy atom. The minimum absolute atomic E-state index is 0.272. The molecule has 0 bridgehead atoms. The van der Waals surface area contributed by atoms with Gasteiger partial charge in [-0.15, -0.1) is 0 Å². The zero-order valence-corrected chi connectivity index (χ0v) is 10.6. The first-order valence-corrected chi connectivity index (χ1v) is 5.85. The topological polar surface area (TPSA) is 44.8 Å². The average Bonchev–Trinajstić information content (AvgIpc) is 2.75. The molecule has 0 amide bonds. The first-order chi connectivity index (χ1) is 8.65. The van der Waals surface area contributed by atoms with Crippen LogP contribution < -0.4 is 9.47 Å². The fourth-order valence-corrected chi connectivity index (χ4v) is 1.64. The summed E-state index contributed by atoms with van der Waals surface area (Å²) in [7, 11) is 0. The van der Waals surface area contributed by atoms with Crippen LogP contribution in [0.1, 0.15) is 19.4 Å². The average molecular weight is 248 g/mol. The maximum absolute atomic E-state index is 11.3. The third-order valence-corrected chi connectivity index (χ3v) is 2.48. The Balaban J connectivity index is 1.84. The molecule has 4 heteroatoms. The fourth-order valence-electron chi connectivity index (χ4n) is 1.64. The molecule has 1 aromatic rings. The second-order valence-corrected chi connectivity index (χ2v) is 4.33. The Kier molecular flexibility index (Phi) is 3.87. The quantitative estimate of drug-likeness (QED) is 0.606. The van der Waals surface area contributed by atoms with Crippen LogP contribution >= 0.6 is 0 Å². The van der Waals surface area contributed by atoms with Gasteiger partial charge < -0.3 is 14.2 Å². The highest BCUT2D eigenvalue weighted by atomic mass is 16.7. The maximum Gasteiger partial charge on any atom is 0.330 e. The van der Waals surface area contributed by atoms with E-state index in [1.807, 2.05) is 32.0 Å². The van der Waals surface area contributed by atoms with E-state index in [4.69, 9.17) is 14.2 Å². The molecular weight excluding hydrogens is 232 g/mol. The van der Waals surface area contributed by atoms with Gasteiger partial charge in [-0.25, -0.2) is 4.79 Å². The van der Waals surface area contributed by atoms with Crippen LogP contribution in [0, 0.1) is 0 Å². The first kappa shape index (κ1) is 12.5. The molecule has 0 saturated carbocycles. The van der Waals surface area contributed by atoms with Gasteiger partial charge in [0.1, 0.15) is 0 Å². The Morgan fingerprint density at radius 1 is 1.33 bits per heavy atom. The van der Waals surface area contributed by atoms with E-state index in [2.05, 4.69) is 0 Å². The largest absolute Gasteiger partial charge is 0.462 e. The number of rotatable bonds is 4. The van der Waals surface area contributed by atoms with Crippen molar-refractivity contribution in [3.63, 3.8) is 0 Å². The van der Waals surface area contributed by atoms with Crippen molar-refractivity contribution in [3.05, 3.63) is 35.4 Å². The van der Waals surface area contributed by atoms with Crippen LogP contribution in [0.15, 0.2) is 29.8 Å². The predicted octanol–water partition coefficient (Wildman–Crippen LogP) is 2.47. The van der Waals surface area contributed by atoms with Gasteiger partial charge in [0.25, 0.3) is 0 Å². The molecule has 18 heavy (non-hydrogen) atoms. The summed E-state index contributed by atoms with van der Waals surface area (Å²) in [5.74, 6) is 1.22. The van der Waals surface area contributed by atoms with Crippen molar-refractivity contribution >= 4 is 5.97 Å². The van der Waals surface area contributed by atoms with Crippen molar-refractivity contribution in [2.75, 3.05) is 13.4 Å². The van der Waals surface area contributed by atoms with E-state index >= 15 is 0 Å². The number of ether oxygens (including phenoxy) is 3. The lowest BCUT2D eigenvalue weighted by Gasteiger charge is -2.04. The lowest BCUT2D eigenvalue weighted by Crippen LogP contribution is -2.05. The van der Waals surface area contributed by atoms with Gasteiger partial charge in [-0.05, 0) is 31.5 Å². The smallest absolute Gasteiger partial charge is 0.330 e. The standard InChI is InChI=1S/C14H16O4/c1-10(2)7-14(15)16-6-5-11-3-4-12-13(8-11)18-9-17-12/h3-4,7-8H,5-6,9H2,1-2H3. The van der Waals surface area contributed by atoms with Crippen LogP contribution in [0.2, 0.25) is 0 Å². The summed E-state index contributed by atoms with van der Waals surface area (Å²) in [6, 6.07) is 5.73. The molecule has 1 aliphatic heterocycles. The van der Waals surface area contributed by atoms with Gasteiger partial charge in [-0.3, -0.25) is 0 Å². The molecule has 0 aliphatic carbocycles. The second-order valence-electron chi connectivity index (χ2n) is 4.33. The molecule has 0 spiro atoms. The highest BCUT2D eigenvalue weighted by Crippen LogP contribution is 2.32. The maximum atomic E-state index is 11.3. The molecule has 0 fully saturated rings. The lowest BCUT2D eigenvalue weighted by atomic mass is 10.1. The summed E-state index contributed by atoms with van der Waals surface area (Å²) in [4.78, 5) is 11.3. The molecule has 0 aromatic heterocycles. The van der Waals surface area contributed by atoms with Crippen molar-refractivity contribution in [1.29, 1.82) is 0 Å². The highest BCUT2D eigenvalue weighted by molar-refractivity contribution is 5.82. The molecule has 4 nitrogen and oxygen atoms in total. The third kappa shape index (κ3) is 3.26. The molecule has 1 aliphatic rings. The van der Waals surface area contributed by atoms with Crippen molar-refractivity contribution in [2.45, 2.75) is 20.3 Å². The summed E-state index contributed by atoms with van der Waals surface area (Å²) in [6.07, 6.45) is 2.15. The van der Waals surface area contributed by atoms with Crippen LogP contribution in [0.25, 0.3) is 0 Å². The number of carbonyl (C=O) groups is 1. The number of allylic oxidation sites excluding steroid dienone is 1. The van der Waals surface area contributed by atoms with Crippen molar-refractivity contribution < 1.29 is 19.0 Å². The number of fused-ring (bicyclic) bond motifs is 1. The van der Waals surface area contributed by atoms with Crippen molar-refractivity contribution in [3.8, 4) is 11.5 Å². The van der Waals surface area contributed by atoms with Gasteiger partial charge in [0, 0.05) is 12.5 Å². The number of hydrogen-bond donors (Lipinski definition) is 0. The van der Waals surface area contributed by atoms with Gasteiger partial charge in [-0.1, -0.05) is 11.6 Å². The van der Waals surface area contributed by atoms with E-state index in [-0.39, 0.29) is 12.8 Å². The molecule has 0 atom stereocenters. The van der Waals surface area contributed by atoms with E-state index in [9.17, 15) is 4.79 Å². The monoisotopic (exact) mass is 248 g/mol. The van der Waals surface area contributed by atoms with Crippen LogP contribution in [0.5, 0.6) is 11.5 Å². The molecule has 0 saturated heterocycles. The van der Waals surface area contributed by atoms with E-state index in [1.165, 1.54) is 6.08 Å². The number of carbonyl (C=O) groups excluding carboxylic acids is 1. The van der Waals surface area contributed by atoms with Crippen LogP contribution in [0.3, 0.4) is 0 Å². The fraction of sp³-hybridized carbons (Fsp3) is 0.357. The third-order valence-electron chi connectivity index (χ3n) is 2.48. The lowest BCUT2D eigenvalue weighted by molar-refractivity contribution is -0.137. The molecule has 1 aromatic carbocycles. The van der Waals surface area contributed by atoms with E-state index in [1.54, 1.807) is 0 Å². The molecule has 0 unspecified atom stereocenters. The van der Waals surface area contributed by atoms with E-state index in [0.717, 1.165) is 22.6 Å². The number of benzene rings is 1. The predicted molar refractivity (Wildman–Crippen MR) is 66.7 cm³/mol. The summed E-state index contributed by atoms with van der Waals surface area (Å²) >= 11 is 0. The molecule has 0 N–H and O–H groups in total. The summed E-state index contributed by atoms with van der Waals surface area (Å²) in [5.41, 5.74) is 1.99. The second kappa shape index (κ2) is 5.58. The van der Waals surface area contributed by atoms with Crippen molar-refractivity contribution in [1.82, 2.24) is 0 Å². The molecule has 0 radical (unpaired) electrons. The minimum Gasteiger partial charge on any atom is -0.462 e. The van der Waals surface area contributed by atoms with Gasteiger partial charge in [0.15, 0.2) is 11.5 Å². The minimum atomic E-state index is -0.296. The number of hydrogen-bond acceptors (Lipinski definition) is 4. The van der Waals surface area contributed by atoms with Gasteiger partial charge in [0.2, 0.25) is 6.79 Å². The van der Waals surface area contributed by atoms with Gasteiger partial charge in [0.05, 0.1) is 6.61 Å². The number of esters is 1. The van der Waals surface area contributed by atoms with Gasteiger partial charge >= 0.3 is 5.97 Å². The van der Waals surface area contributed by atoms with E-state index < -0.39 is 0 Å². The molecule has 1 heterocycles. The highest BCUT2D eigenvalue weighted by Gasteiger charge is 2.13. The molecule has 96 valence electrons. The zero-order valence-electron chi connectivity index (χ0n) is 10.6. The Hall–Kier alpha value is -1.97. The SMILES string of the molecule is CC(C)=CC(=O)OCCc1ccc2c(c1)OCO2.